The van der Waals surface area contributed by atoms with Crippen molar-refractivity contribution in [1.29, 1.82) is 0 Å². The summed E-state index contributed by atoms with van der Waals surface area (Å²) in [5.74, 6) is 0. The summed E-state index contributed by atoms with van der Waals surface area (Å²) in [4.78, 5) is 12.0. The van der Waals surface area contributed by atoms with Gasteiger partial charge in [-0.1, -0.05) is 48.5 Å². The highest BCUT2D eigenvalue weighted by atomic mass is 32.2. The van der Waals surface area contributed by atoms with Gasteiger partial charge in [0.25, 0.3) is 10.0 Å². The monoisotopic (exact) mass is 417 g/mol. The number of carbonyl (C=O) groups is 1. The molecule has 0 saturated carbocycles. The van der Waals surface area contributed by atoms with Gasteiger partial charge in [0, 0.05) is 4.88 Å². The second-order valence-electron chi connectivity index (χ2n) is 6.14. The largest absolute Gasteiger partial charge is 0.512 e. The first-order valence-electron chi connectivity index (χ1n) is 8.51. The fourth-order valence-corrected chi connectivity index (χ4v) is 5.06. The third kappa shape index (κ3) is 4.90. The first-order valence-corrected chi connectivity index (χ1v) is 10.8. The minimum atomic E-state index is -3.87. The minimum Gasteiger partial charge on any atom is -0.449 e. The van der Waals surface area contributed by atoms with Crippen molar-refractivity contribution in [3.05, 3.63) is 76.7 Å². The Balaban J connectivity index is 1.85. The average molecular weight is 418 g/mol. The molecule has 0 unspecified atom stereocenters. The van der Waals surface area contributed by atoms with E-state index < -0.39 is 16.2 Å². The minimum absolute atomic E-state index is 0.00715. The van der Waals surface area contributed by atoms with Crippen LogP contribution in [0.4, 0.5) is 10.5 Å². The Bertz CT molecular complexity index is 1070. The molecule has 0 bridgehead atoms. The maximum Gasteiger partial charge on any atom is 0.512 e. The molecule has 2 aromatic carbocycles. The van der Waals surface area contributed by atoms with Crippen molar-refractivity contribution >= 4 is 33.2 Å². The van der Waals surface area contributed by atoms with E-state index in [1.54, 1.807) is 31.2 Å². The molecule has 0 aliphatic rings. The number of anilines is 1. The molecular formula is C20H19NO5S2. The normalized spacial score (nSPS) is 11.2. The lowest BCUT2D eigenvalue weighted by atomic mass is 10.1. The van der Waals surface area contributed by atoms with E-state index in [0.717, 1.165) is 28.2 Å². The van der Waals surface area contributed by atoms with Crippen molar-refractivity contribution in [1.82, 2.24) is 0 Å². The molecule has 1 aromatic heterocycles. The summed E-state index contributed by atoms with van der Waals surface area (Å²) in [6.45, 7) is 1.70. The van der Waals surface area contributed by atoms with Crippen LogP contribution in [-0.2, 0) is 22.9 Å². The molecule has 1 heterocycles. The van der Waals surface area contributed by atoms with Crippen LogP contribution in [0.25, 0.3) is 0 Å². The Hall–Kier alpha value is -2.84. The summed E-state index contributed by atoms with van der Waals surface area (Å²) in [6.07, 6.45) is -0.109. The van der Waals surface area contributed by atoms with Gasteiger partial charge >= 0.3 is 6.16 Å². The quantitative estimate of drug-likeness (QED) is 0.544. The van der Waals surface area contributed by atoms with E-state index in [1.807, 2.05) is 30.3 Å². The van der Waals surface area contributed by atoms with E-state index >= 15 is 0 Å². The molecule has 6 nitrogen and oxygen atoms in total. The highest BCUT2D eigenvalue weighted by Crippen LogP contribution is 2.37. The number of benzene rings is 2. The van der Waals surface area contributed by atoms with Crippen LogP contribution in [0, 0.1) is 6.92 Å². The van der Waals surface area contributed by atoms with Gasteiger partial charge in [-0.2, -0.15) is 0 Å². The molecule has 0 spiro atoms. The standard InChI is InChI=1S/C20H19NO5S2/c1-14-7-5-6-10-18(14)28(24,25)21-17-13-16(27-19(17)26-20(22)23)12-11-15-8-3-2-4-9-15/h2-10,13,21H,11-12H2,1H3,(H,22,23). The van der Waals surface area contributed by atoms with Crippen molar-refractivity contribution in [2.75, 3.05) is 4.72 Å². The fraction of sp³-hybridized carbons (Fsp3) is 0.150. The third-order valence-electron chi connectivity index (χ3n) is 4.06. The zero-order valence-electron chi connectivity index (χ0n) is 15.1. The molecule has 28 heavy (non-hydrogen) atoms. The molecule has 0 fully saturated rings. The molecule has 3 aromatic rings. The summed E-state index contributed by atoms with van der Waals surface area (Å²) in [5.41, 5.74) is 1.85. The van der Waals surface area contributed by atoms with Crippen LogP contribution < -0.4 is 9.46 Å². The molecule has 0 saturated heterocycles. The Morgan fingerprint density at radius 3 is 2.43 bits per heavy atom. The summed E-state index contributed by atoms with van der Waals surface area (Å²) < 4.78 is 32.7. The van der Waals surface area contributed by atoms with Gasteiger partial charge in [-0.3, -0.25) is 4.72 Å². The number of hydrogen-bond donors (Lipinski definition) is 2. The molecule has 0 radical (unpaired) electrons. The summed E-state index contributed by atoms with van der Waals surface area (Å²) in [6, 6.07) is 18.0. The van der Waals surface area contributed by atoms with Crippen molar-refractivity contribution in [3.8, 4) is 5.06 Å². The SMILES string of the molecule is Cc1ccccc1S(=O)(=O)Nc1cc(CCc2ccccc2)sc1OC(=O)O. The number of aryl methyl sites for hydroxylation is 3. The fourth-order valence-electron chi connectivity index (χ4n) is 2.74. The highest BCUT2D eigenvalue weighted by Gasteiger charge is 2.22. The van der Waals surface area contributed by atoms with Crippen LogP contribution in [0.3, 0.4) is 0 Å². The van der Waals surface area contributed by atoms with E-state index in [9.17, 15) is 13.2 Å². The number of hydrogen-bond acceptors (Lipinski definition) is 5. The van der Waals surface area contributed by atoms with Crippen LogP contribution >= 0.6 is 11.3 Å². The zero-order valence-corrected chi connectivity index (χ0v) is 16.7. The van der Waals surface area contributed by atoms with Crippen LogP contribution in [0.15, 0.2) is 65.6 Å². The Morgan fingerprint density at radius 2 is 1.75 bits per heavy atom. The van der Waals surface area contributed by atoms with Crippen molar-refractivity contribution in [3.63, 3.8) is 0 Å². The number of ether oxygens (including phenoxy) is 1. The summed E-state index contributed by atoms with van der Waals surface area (Å²) in [5, 5.41) is 8.98. The van der Waals surface area contributed by atoms with E-state index in [2.05, 4.69) is 4.72 Å². The van der Waals surface area contributed by atoms with Gasteiger partial charge in [-0.25, -0.2) is 13.2 Å². The van der Waals surface area contributed by atoms with Crippen LogP contribution in [0.5, 0.6) is 5.06 Å². The van der Waals surface area contributed by atoms with Crippen molar-refractivity contribution in [2.24, 2.45) is 0 Å². The number of carboxylic acid groups (broad SMARTS) is 1. The molecule has 0 aliphatic carbocycles. The molecule has 3 rings (SSSR count). The average Bonchev–Trinajstić information content (AvgIpc) is 3.01. The molecular weight excluding hydrogens is 398 g/mol. The van der Waals surface area contributed by atoms with Crippen LogP contribution in [-0.4, -0.2) is 19.7 Å². The molecule has 2 N–H and O–H groups in total. The first kappa shape index (κ1) is 19.9. The van der Waals surface area contributed by atoms with Crippen molar-refractivity contribution in [2.45, 2.75) is 24.7 Å². The smallest absolute Gasteiger partial charge is 0.449 e. The van der Waals surface area contributed by atoms with Gasteiger partial charge in [-0.15, -0.1) is 11.3 Å². The predicted octanol–water partition coefficient (Wildman–Crippen LogP) is 4.70. The number of nitrogens with one attached hydrogen (secondary N) is 1. The van der Waals surface area contributed by atoms with Gasteiger partial charge in [0.2, 0.25) is 5.06 Å². The van der Waals surface area contributed by atoms with Gasteiger partial charge in [0.15, 0.2) is 0 Å². The molecule has 146 valence electrons. The van der Waals surface area contributed by atoms with Gasteiger partial charge in [0.1, 0.15) is 5.69 Å². The zero-order chi connectivity index (χ0) is 20.1. The van der Waals surface area contributed by atoms with E-state index in [-0.39, 0.29) is 15.6 Å². The third-order valence-corrected chi connectivity index (χ3v) is 6.66. The molecule has 0 atom stereocenters. The lowest BCUT2D eigenvalue weighted by molar-refractivity contribution is 0.146. The number of thiophene rings is 1. The number of sulfonamides is 1. The van der Waals surface area contributed by atoms with Crippen molar-refractivity contribution < 1.29 is 23.1 Å². The lowest BCUT2D eigenvalue weighted by Gasteiger charge is -2.10. The Morgan fingerprint density at radius 1 is 1.07 bits per heavy atom. The van der Waals surface area contributed by atoms with E-state index in [1.165, 1.54) is 6.07 Å². The molecule has 0 amide bonds. The topological polar surface area (TPSA) is 92.7 Å². The second kappa shape index (κ2) is 8.45. The maximum atomic E-state index is 12.7. The Labute approximate surface area is 167 Å². The summed E-state index contributed by atoms with van der Waals surface area (Å²) >= 11 is 1.12. The van der Waals surface area contributed by atoms with E-state index in [4.69, 9.17) is 9.84 Å². The first-order chi connectivity index (χ1) is 13.3. The number of rotatable bonds is 7. The van der Waals surface area contributed by atoms with Crippen LogP contribution in [0.1, 0.15) is 16.0 Å². The second-order valence-corrected chi connectivity index (χ2v) is 8.89. The highest BCUT2D eigenvalue weighted by molar-refractivity contribution is 7.92. The lowest BCUT2D eigenvalue weighted by Crippen LogP contribution is -2.15. The van der Waals surface area contributed by atoms with Gasteiger partial charge in [-0.05, 0) is 43.0 Å². The summed E-state index contributed by atoms with van der Waals surface area (Å²) in [7, 11) is -3.87. The molecule has 8 heteroatoms. The predicted molar refractivity (Wildman–Crippen MR) is 109 cm³/mol. The van der Waals surface area contributed by atoms with Gasteiger partial charge < -0.3 is 9.84 Å². The Kier molecular flexibility index (Phi) is 6.01. The van der Waals surface area contributed by atoms with Crippen LogP contribution in [0.2, 0.25) is 0 Å². The molecule has 0 aliphatic heterocycles. The van der Waals surface area contributed by atoms with E-state index in [0.29, 0.717) is 12.0 Å². The van der Waals surface area contributed by atoms with Gasteiger partial charge in [0.05, 0.1) is 4.90 Å². The maximum absolute atomic E-state index is 12.7.